The summed E-state index contributed by atoms with van der Waals surface area (Å²) < 4.78 is 10.8. The number of nitrogens with zero attached hydrogens (tertiary/aromatic N) is 2. The fourth-order valence-electron chi connectivity index (χ4n) is 1.66. The first-order valence-corrected chi connectivity index (χ1v) is 5.21. The standard InChI is InChI=1S/C11H16N2O2/c1-3-4-7-14-11-9-8-13(2)6-5-10(9)15-12-11/h3-4H,5-8H2,1-2H3/b4-3+. The monoisotopic (exact) mass is 208 g/mol. The van der Waals surface area contributed by atoms with E-state index in [0.29, 0.717) is 12.5 Å². The van der Waals surface area contributed by atoms with Crippen LogP contribution < -0.4 is 4.74 Å². The summed E-state index contributed by atoms with van der Waals surface area (Å²) in [6.45, 7) is 4.41. The van der Waals surface area contributed by atoms with Gasteiger partial charge in [0.2, 0.25) is 0 Å². The zero-order chi connectivity index (χ0) is 10.7. The summed E-state index contributed by atoms with van der Waals surface area (Å²) in [6, 6.07) is 0. The summed E-state index contributed by atoms with van der Waals surface area (Å²) >= 11 is 0. The lowest BCUT2D eigenvalue weighted by atomic mass is 10.1. The highest BCUT2D eigenvalue weighted by Crippen LogP contribution is 2.26. The van der Waals surface area contributed by atoms with E-state index in [1.54, 1.807) is 0 Å². The van der Waals surface area contributed by atoms with Gasteiger partial charge in [0.1, 0.15) is 12.4 Å². The van der Waals surface area contributed by atoms with Gasteiger partial charge in [-0.05, 0) is 19.1 Å². The highest BCUT2D eigenvalue weighted by atomic mass is 16.5. The Morgan fingerprint density at radius 3 is 3.27 bits per heavy atom. The quantitative estimate of drug-likeness (QED) is 0.707. The predicted octanol–water partition coefficient (Wildman–Crippen LogP) is 1.62. The molecule has 1 aromatic heterocycles. The van der Waals surface area contributed by atoms with E-state index >= 15 is 0 Å². The first kappa shape index (κ1) is 10.2. The number of allylic oxidation sites excluding steroid dienone is 1. The summed E-state index contributed by atoms with van der Waals surface area (Å²) in [5.74, 6) is 1.62. The molecule has 0 spiro atoms. The van der Waals surface area contributed by atoms with Crippen LogP contribution in [0.3, 0.4) is 0 Å². The molecule has 1 aliphatic rings. The molecule has 0 aromatic carbocycles. The van der Waals surface area contributed by atoms with Crippen molar-refractivity contribution in [3.63, 3.8) is 0 Å². The minimum atomic E-state index is 0.555. The Balaban J connectivity index is 2.09. The number of hydrogen-bond acceptors (Lipinski definition) is 4. The second-order valence-corrected chi connectivity index (χ2v) is 3.76. The van der Waals surface area contributed by atoms with Crippen LogP contribution in [-0.2, 0) is 13.0 Å². The van der Waals surface area contributed by atoms with Crippen molar-refractivity contribution in [3.05, 3.63) is 23.5 Å². The highest BCUT2D eigenvalue weighted by molar-refractivity contribution is 5.30. The number of rotatable bonds is 3. The summed E-state index contributed by atoms with van der Waals surface area (Å²) in [4.78, 5) is 2.24. The maximum Gasteiger partial charge on any atom is 0.259 e. The maximum atomic E-state index is 5.51. The minimum absolute atomic E-state index is 0.555. The first-order valence-electron chi connectivity index (χ1n) is 5.21. The zero-order valence-corrected chi connectivity index (χ0v) is 9.19. The molecule has 1 aliphatic heterocycles. The van der Waals surface area contributed by atoms with Crippen LogP contribution in [0.4, 0.5) is 0 Å². The molecule has 2 rings (SSSR count). The molecule has 2 heterocycles. The molecule has 0 fully saturated rings. The van der Waals surface area contributed by atoms with Gasteiger partial charge in [0.05, 0.1) is 5.56 Å². The predicted molar refractivity (Wildman–Crippen MR) is 56.9 cm³/mol. The normalized spacial score (nSPS) is 16.9. The van der Waals surface area contributed by atoms with Crippen LogP contribution in [0.15, 0.2) is 16.7 Å². The molecule has 4 nitrogen and oxygen atoms in total. The number of likely N-dealkylation sites (N-methyl/N-ethyl adjacent to an activating group) is 1. The Kier molecular flexibility index (Phi) is 3.06. The molecular formula is C11H16N2O2. The van der Waals surface area contributed by atoms with Crippen LogP contribution >= 0.6 is 0 Å². The van der Waals surface area contributed by atoms with Crippen LogP contribution in [0.25, 0.3) is 0 Å². The van der Waals surface area contributed by atoms with Crippen LogP contribution in [0, 0.1) is 0 Å². The lowest BCUT2D eigenvalue weighted by Crippen LogP contribution is -2.25. The first-order chi connectivity index (χ1) is 7.31. The molecule has 0 N–H and O–H groups in total. The average molecular weight is 208 g/mol. The molecule has 4 heteroatoms. The smallest absolute Gasteiger partial charge is 0.259 e. The van der Waals surface area contributed by atoms with E-state index in [0.717, 1.165) is 30.8 Å². The molecule has 82 valence electrons. The molecule has 0 saturated carbocycles. The van der Waals surface area contributed by atoms with Gasteiger partial charge < -0.3 is 14.2 Å². The maximum absolute atomic E-state index is 5.51. The minimum Gasteiger partial charge on any atom is -0.471 e. The Bertz CT molecular complexity index is 357. The number of aromatic nitrogens is 1. The molecule has 0 amide bonds. The number of fused-ring (bicyclic) bond motifs is 1. The van der Waals surface area contributed by atoms with Gasteiger partial charge in [0.25, 0.3) is 5.88 Å². The summed E-state index contributed by atoms with van der Waals surface area (Å²) in [5.41, 5.74) is 1.10. The second kappa shape index (κ2) is 4.49. The number of hydrogen-bond donors (Lipinski definition) is 0. The summed E-state index contributed by atoms with van der Waals surface area (Å²) in [5, 5.41) is 3.95. The molecular weight excluding hydrogens is 192 g/mol. The van der Waals surface area contributed by atoms with Crippen molar-refractivity contribution in [3.8, 4) is 5.88 Å². The molecule has 0 radical (unpaired) electrons. The Morgan fingerprint density at radius 2 is 2.47 bits per heavy atom. The molecule has 0 unspecified atom stereocenters. The lowest BCUT2D eigenvalue weighted by molar-refractivity contribution is 0.281. The van der Waals surface area contributed by atoms with E-state index in [2.05, 4.69) is 17.1 Å². The van der Waals surface area contributed by atoms with Crippen molar-refractivity contribution in [2.75, 3.05) is 20.2 Å². The van der Waals surface area contributed by atoms with Crippen LogP contribution in [0.1, 0.15) is 18.2 Å². The summed E-state index contributed by atoms with van der Waals surface area (Å²) in [6.07, 6.45) is 4.83. The zero-order valence-electron chi connectivity index (χ0n) is 9.19. The molecule has 15 heavy (non-hydrogen) atoms. The highest BCUT2D eigenvalue weighted by Gasteiger charge is 2.22. The third kappa shape index (κ3) is 2.21. The Morgan fingerprint density at radius 1 is 1.60 bits per heavy atom. The van der Waals surface area contributed by atoms with E-state index in [9.17, 15) is 0 Å². The largest absolute Gasteiger partial charge is 0.471 e. The van der Waals surface area contributed by atoms with Gasteiger partial charge in [-0.2, -0.15) is 0 Å². The van der Waals surface area contributed by atoms with Crippen molar-refractivity contribution in [2.45, 2.75) is 19.9 Å². The van der Waals surface area contributed by atoms with E-state index in [1.807, 2.05) is 19.1 Å². The molecule has 0 aliphatic carbocycles. The van der Waals surface area contributed by atoms with Crippen LogP contribution in [0.2, 0.25) is 0 Å². The van der Waals surface area contributed by atoms with Gasteiger partial charge in [0.15, 0.2) is 0 Å². The molecule has 1 aromatic rings. The Hall–Kier alpha value is -1.29. The average Bonchev–Trinajstić information content (AvgIpc) is 2.62. The number of ether oxygens (including phenoxy) is 1. The van der Waals surface area contributed by atoms with Crippen molar-refractivity contribution < 1.29 is 9.26 Å². The van der Waals surface area contributed by atoms with Crippen molar-refractivity contribution in [2.24, 2.45) is 0 Å². The van der Waals surface area contributed by atoms with E-state index in [4.69, 9.17) is 9.26 Å². The van der Waals surface area contributed by atoms with Crippen LogP contribution in [-0.4, -0.2) is 30.3 Å². The van der Waals surface area contributed by atoms with Gasteiger partial charge in [-0.25, -0.2) is 0 Å². The third-order valence-corrected chi connectivity index (χ3v) is 2.53. The SMILES string of the molecule is C/C=C/COc1noc2c1CN(C)CC2. The molecule has 0 atom stereocenters. The van der Waals surface area contributed by atoms with Crippen molar-refractivity contribution >= 4 is 0 Å². The molecule has 0 bridgehead atoms. The second-order valence-electron chi connectivity index (χ2n) is 3.76. The Labute approximate surface area is 89.5 Å². The topological polar surface area (TPSA) is 38.5 Å². The fraction of sp³-hybridized carbons (Fsp3) is 0.545. The van der Waals surface area contributed by atoms with Crippen LogP contribution in [0.5, 0.6) is 5.88 Å². The van der Waals surface area contributed by atoms with Crippen molar-refractivity contribution in [1.82, 2.24) is 10.1 Å². The van der Waals surface area contributed by atoms with Gasteiger partial charge in [-0.3, -0.25) is 0 Å². The van der Waals surface area contributed by atoms with Gasteiger partial charge in [-0.15, -0.1) is 0 Å². The van der Waals surface area contributed by atoms with E-state index in [1.165, 1.54) is 0 Å². The summed E-state index contributed by atoms with van der Waals surface area (Å²) in [7, 11) is 2.09. The van der Waals surface area contributed by atoms with Crippen molar-refractivity contribution in [1.29, 1.82) is 0 Å². The fourth-order valence-corrected chi connectivity index (χ4v) is 1.66. The molecule has 0 saturated heterocycles. The van der Waals surface area contributed by atoms with Gasteiger partial charge in [-0.1, -0.05) is 12.2 Å². The van der Waals surface area contributed by atoms with E-state index in [-0.39, 0.29) is 0 Å². The van der Waals surface area contributed by atoms with E-state index < -0.39 is 0 Å². The lowest BCUT2D eigenvalue weighted by Gasteiger charge is -2.20. The van der Waals surface area contributed by atoms with Gasteiger partial charge in [0, 0.05) is 19.5 Å². The van der Waals surface area contributed by atoms with Gasteiger partial charge >= 0.3 is 0 Å². The third-order valence-electron chi connectivity index (χ3n) is 2.53.